The molecule has 2 aromatic carbocycles. The maximum Gasteiger partial charge on any atom is 0.328 e. The number of para-hydroxylation sites is 1. The lowest BCUT2D eigenvalue weighted by molar-refractivity contribution is -0.136. The van der Waals surface area contributed by atoms with E-state index in [1.54, 1.807) is 43.3 Å². The van der Waals surface area contributed by atoms with Gasteiger partial charge in [-0.3, -0.25) is 25.2 Å². The lowest BCUT2D eigenvalue weighted by Gasteiger charge is -2.10. The maximum absolute atomic E-state index is 11.9. The van der Waals surface area contributed by atoms with Gasteiger partial charge in [0.15, 0.2) is 0 Å². The fourth-order valence-electron chi connectivity index (χ4n) is 1.96. The molecule has 0 aliphatic rings. The van der Waals surface area contributed by atoms with Crippen LogP contribution in [0, 0.1) is 13.8 Å². The zero-order valence-electron chi connectivity index (χ0n) is 12.8. The van der Waals surface area contributed by atoms with Crippen LogP contribution in [-0.4, -0.2) is 17.7 Å². The Labute approximate surface area is 133 Å². The Hall–Kier alpha value is -3.15. The summed E-state index contributed by atoms with van der Waals surface area (Å²) >= 11 is 0. The molecule has 2 aromatic rings. The molecule has 6 nitrogen and oxygen atoms in total. The van der Waals surface area contributed by atoms with Crippen LogP contribution in [0.4, 0.5) is 5.69 Å². The van der Waals surface area contributed by atoms with E-state index in [1.165, 1.54) is 0 Å². The van der Waals surface area contributed by atoms with Gasteiger partial charge in [0.2, 0.25) is 0 Å². The predicted octanol–water partition coefficient (Wildman–Crippen LogP) is 1.70. The van der Waals surface area contributed by atoms with E-state index in [-0.39, 0.29) is 0 Å². The minimum atomic E-state index is -0.949. The third-order valence-corrected chi connectivity index (χ3v) is 3.28. The van der Waals surface area contributed by atoms with Gasteiger partial charge in [0, 0.05) is 11.3 Å². The van der Waals surface area contributed by atoms with Crippen molar-refractivity contribution < 1.29 is 14.4 Å². The quantitative estimate of drug-likeness (QED) is 0.583. The molecule has 0 unspecified atom stereocenters. The first kappa shape index (κ1) is 16.2. The van der Waals surface area contributed by atoms with Crippen LogP contribution in [0.3, 0.4) is 0 Å². The zero-order valence-corrected chi connectivity index (χ0v) is 12.8. The Morgan fingerprint density at radius 1 is 0.739 bits per heavy atom. The van der Waals surface area contributed by atoms with Gasteiger partial charge in [0.1, 0.15) is 0 Å². The standard InChI is InChI=1S/C17H17N3O3/c1-11-7-3-5-9-13(11)15(21)19-20-17(23)16(22)18-14-10-6-4-8-12(14)2/h3-10H,1-2H3,(H,18,22)(H,19,21)(H,20,23). The van der Waals surface area contributed by atoms with Crippen LogP contribution in [0.5, 0.6) is 0 Å². The second kappa shape index (κ2) is 7.22. The topological polar surface area (TPSA) is 87.3 Å². The van der Waals surface area contributed by atoms with Crippen LogP contribution in [0.25, 0.3) is 0 Å². The highest BCUT2D eigenvalue weighted by Crippen LogP contribution is 2.12. The van der Waals surface area contributed by atoms with E-state index in [2.05, 4.69) is 16.2 Å². The van der Waals surface area contributed by atoms with Gasteiger partial charge in [-0.2, -0.15) is 0 Å². The minimum Gasteiger partial charge on any atom is -0.317 e. The second-order valence-corrected chi connectivity index (χ2v) is 4.99. The summed E-state index contributed by atoms with van der Waals surface area (Å²) < 4.78 is 0. The second-order valence-electron chi connectivity index (χ2n) is 4.99. The average Bonchev–Trinajstić information content (AvgIpc) is 2.54. The van der Waals surface area contributed by atoms with Crippen molar-refractivity contribution in [2.24, 2.45) is 0 Å². The van der Waals surface area contributed by atoms with Gasteiger partial charge >= 0.3 is 11.8 Å². The lowest BCUT2D eigenvalue weighted by atomic mass is 10.1. The molecule has 23 heavy (non-hydrogen) atoms. The highest BCUT2D eigenvalue weighted by molar-refractivity contribution is 6.39. The monoisotopic (exact) mass is 311 g/mol. The van der Waals surface area contributed by atoms with Gasteiger partial charge in [-0.25, -0.2) is 0 Å². The predicted molar refractivity (Wildman–Crippen MR) is 86.6 cm³/mol. The van der Waals surface area contributed by atoms with Crippen molar-refractivity contribution in [3.8, 4) is 0 Å². The highest BCUT2D eigenvalue weighted by atomic mass is 16.2. The molecule has 0 aliphatic carbocycles. The molecule has 0 bridgehead atoms. The number of hydrazine groups is 1. The summed E-state index contributed by atoms with van der Waals surface area (Å²) in [5.41, 5.74) is 6.88. The van der Waals surface area contributed by atoms with Crippen LogP contribution < -0.4 is 16.2 Å². The van der Waals surface area contributed by atoms with Gasteiger partial charge in [-0.1, -0.05) is 36.4 Å². The van der Waals surface area contributed by atoms with Crippen molar-refractivity contribution in [3.05, 3.63) is 65.2 Å². The van der Waals surface area contributed by atoms with Crippen LogP contribution in [-0.2, 0) is 9.59 Å². The number of hydrogen-bond donors (Lipinski definition) is 3. The summed E-state index contributed by atoms with van der Waals surface area (Å²) in [4.78, 5) is 35.5. The molecule has 0 spiro atoms. The summed E-state index contributed by atoms with van der Waals surface area (Å²) in [5.74, 6) is -2.29. The van der Waals surface area contributed by atoms with Crippen molar-refractivity contribution in [1.29, 1.82) is 0 Å². The average molecular weight is 311 g/mol. The van der Waals surface area contributed by atoms with Gasteiger partial charge in [-0.05, 0) is 37.1 Å². The summed E-state index contributed by atoms with van der Waals surface area (Å²) in [7, 11) is 0. The fraction of sp³-hybridized carbons (Fsp3) is 0.118. The molecule has 0 aromatic heterocycles. The molecule has 0 heterocycles. The van der Waals surface area contributed by atoms with Crippen molar-refractivity contribution >= 4 is 23.4 Å². The Morgan fingerprint density at radius 3 is 2.00 bits per heavy atom. The summed E-state index contributed by atoms with van der Waals surface area (Å²) in [5, 5.41) is 2.48. The molecule has 2 rings (SSSR count). The number of aryl methyl sites for hydroxylation is 2. The maximum atomic E-state index is 11.9. The lowest BCUT2D eigenvalue weighted by Crippen LogP contribution is -2.46. The molecular weight excluding hydrogens is 294 g/mol. The van der Waals surface area contributed by atoms with Crippen molar-refractivity contribution in [3.63, 3.8) is 0 Å². The Kier molecular flexibility index (Phi) is 5.09. The van der Waals surface area contributed by atoms with Crippen LogP contribution >= 0.6 is 0 Å². The molecule has 0 atom stereocenters. The van der Waals surface area contributed by atoms with Gasteiger partial charge < -0.3 is 5.32 Å². The molecule has 3 amide bonds. The number of carbonyl (C=O) groups excluding carboxylic acids is 3. The summed E-state index contributed by atoms with van der Waals surface area (Å²) in [6.45, 7) is 3.59. The van der Waals surface area contributed by atoms with E-state index >= 15 is 0 Å². The van der Waals surface area contributed by atoms with Crippen molar-refractivity contribution in [2.75, 3.05) is 5.32 Å². The molecule has 118 valence electrons. The molecule has 0 fully saturated rings. The van der Waals surface area contributed by atoms with E-state index in [1.807, 2.05) is 19.1 Å². The zero-order chi connectivity index (χ0) is 16.8. The molecule has 0 saturated heterocycles. The van der Waals surface area contributed by atoms with E-state index in [0.717, 1.165) is 11.1 Å². The molecule has 0 radical (unpaired) electrons. The number of nitrogens with one attached hydrogen (secondary N) is 3. The number of anilines is 1. The normalized spacial score (nSPS) is 9.83. The highest BCUT2D eigenvalue weighted by Gasteiger charge is 2.16. The van der Waals surface area contributed by atoms with E-state index < -0.39 is 17.7 Å². The number of amides is 3. The fourth-order valence-corrected chi connectivity index (χ4v) is 1.96. The molecule has 0 aliphatic heterocycles. The Morgan fingerprint density at radius 2 is 1.35 bits per heavy atom. The van der Waals surface area contributed by atoms with E-state index in [4.69, 9.17) is 0 Å². The third-order valence-electron chi connectivity index (χ3n) is 3.28. The van der Waals surface area contributed by atoms with Crippen molar-refractivity contribution in [2.45, 2.75) is 13.8 Å². The van der Waals surface area contributed by atoms with Crippen molar-refractivity contribution in [1.82, 2.24) is 10.9 Å². The largest absolute Gasteiger partial charge is 0.328 e. The molecule has 3 N–H and O–H groups in total. The first-order chi connectivity index (χ1) is 11.0. The van der Waals surface area contributed by atoms with Gasteiger partial charge in [-0.15, -0.1) is 0 Å². The summed E-state index contributed by atoms with van der Waals surface area (Å²) in [6, 6.07) is 14.0. The Bertz CT molecular complexity index is 756. The van der Waals surface area contributed by atoms with Gasteiger partial charge in [0.25, 0.3) is 5.91 Å². The summed E-state index contributed by atoms with van der Waals surface area (Å²) in [6.07, 6.45) is 0. The third kappa shape index (κ3) is 4.16. The van der Waals surface area contributed by atoms with E-state index in [9.17, 15) is 14.4 Å². The number of rotatable bonds is 2. The number of benzene rings is 2. The van der Waals surface area contributed by atoms with Crippen LogP contribution in [0.1, 0.15) is 21.5 Å². The van der Waals surface area contributed by atoms with Crippen LogP contribution in [0.2, 0.25) is 0 Å². The minimum absolute atomic E-state index is 0.423. The molecule has 0 saturated carbocycles. The molecular formula is C17H17N3O3. The first-order valence-corrected chi connectivity index (χ1v) is 7.02. The first-order valence-electron chi connectivity index (χ1n) is 7.02. The Balaban J connectivity index is 1.92. The van der Waals surface area contributed by atoms with E-state index in [0.29, 0.717) is 11.3 Å². The smallest absolute Gasteiger partial charge is 0.317 e. The van der Waals surface area contributed by atoms with Gasteiger partial charge in [0.05, 0.1) is 0 Å². The van der Waals surface area contributed by atoms with Crippen LogP contribution in [0.15, 0.2) is 48.5 Å². The number of hydrogen-bond acceptors (Lipinski definition) is 3. The number of carbonyl (C=O) groups is 3. The molecule has 6 heteroatoms. The SMILES string of the molecule is Cc1ccccc1NC(=O)C(=O)NNC(=O)c1ccccc1C.